The summed E-state index contributed by atoms with van der Waals surface area (Å²) in [7, 11) is 2.02. The van der Waals surface area contributed by atoms with E-state index in [1.165, 1.54) is 0 Å². The number of hydrogen-bond acceptors (Lipinski definition) is 5. The summed E-state index contributed by atoms with van der Waals surface area (Å²) >= 11 is 0. The second kappa shape index (κ2) is 8.86. The molecular formula is C22H28N6O. The van der Waals surface area contributed by atoms with Gasteiger partial charge in [0.1, 0.15) is 0 Å². The normalized spacial score (nSPS) is 10.8. The van der Waals surface area contributed by atoms with Crippen molar-refractivity contribution in [3.05, 3.63) is 64.7 Å². The number of carbonyl (C=O) groups is 1. The van der Waals surface area contributed by atoms with E-state index in [0.29, 0.717) is 12.5 Å². The van der Waals surface area contributed by atoms with Gasteiger partial charge >= 0.3 is 0 Å². The fourth-order valence-electron chi connectivity index (χ4n) is 3.33. The third-order valence-corrected chi connectivity index (χ3v) is 4.90. The molecule has 0 unspecified atom stereocenters. The van der Waals surface area contributed by atoms with Crippen LogP contribution in [0.15, 0.2) is 36.4 Å². The van der Waals surface area contributed by atoms with Crippen LogP contribution in [0, 0.1) is 27.7 Å². The Morgan fingerprint density at radius 1 is 1.07 bits per heavy atom. The van der Waals surface area contributed by atoms with E-state index < -0.39 is 0 Å². The third-order valence-electron chi connectivity index (χ3n) is 4.90. The molecule has 1 aromatic carbocycles. The Kier molecular flexibility index (Phi) is 6.26. The first kappa shape index (κ1) is 20.5. The Bertz CT molecular complexity index is 976. The van der Waals surface area contributed by atoms with Gasteiger partial charge in [0.05, 0.1) is 12.1 Å². The van der Waals surface area contributed by atoms with Crippen molar-refractivity contribution in [2.24, 2.45) is 0 Å². The van der Waals surface area contributed by atoms with E-state index >= 15 is 0 Å². The molecule has 3 aromatic rings. The molecule has 0 saturated carbocycles. The largest absolute Gasteiger partial charge is 0.373 e. The molecule has 3 rings (SSSR count). The summed E-state index contributed by atoms with van der Waals surface area (Å²) in [6, 6.07) is 12.0. The van der Waals surface area contributed by atoms with Crippen molar-refractivity contribution in [3.63, 3.8) is 0 Å². The Hall–Kier alpha value is -3.22. The first-order chi connectivity index (χ1) is 13.8. The van der Waals surface area contributed by atoms with E-state index in [1.54, 1.807) is 4.68 Å². The van der Waals surface area contributed by atoms with Crippen LogP contribution in [0.5, 0.6) is 0 Å². The summed E-state index contributed by atoms with van der Waals surface area (Å²) in [6.07, 6.45) is 0.289. The Balaban J connectivity index is 1.63. The van der Waals surface area contributed by atoms with Crippen molar-refractivity contribution < 1.29 is 4.79 Å². The van der Waals surface area contributed by atoms with Crippen molar-refractivity contribution in [1.29, 1.82) is 0 Å². The number of rotatable bonds is 7. The van der Waals surface area contributed by atoms with Gasteiger partial charge in [0.15, 0.2) is 0 Å². The van der Waals surface area contributed by atoms with Crippen LogP contribution < -0.4 is 10.2 Å². The van der Waals surface area contributed by atoms with Crippen molar-refractivity contribution in [2.75, 3.05) is 25.0 Å². The molecule has 7 nitrogen and oxygen atoms in total. The Morgan fingerprint density at radius 2 is 1.72 bits per heavy atom. The molecule has 152 valence electrons. The molecule has 2 aromatic heterocycles. The van der Waals surface area contributed by atoms with Crippen LogP contribution in [-0.2, 0) is 11.2 Å². The summed E-state index contributed by atoms with van der Waals surface area (Å²) < 4.78 is 1.72. The monoisotopic (exact) mass is 392 g/mol. The first-order valence-corrected chi connectivity index (χ1v) is 9.76. The van der Waals surface area contributed by atoms with Crippen LogP contribution in [0.1, 0.15) is 28.3 Å². The molecule has 0 radical (unpaired) electrons. The molecule has 0 bridgehead atoms. The number of para-hydroxylation sites is 1. The smallest absolute Gasteiger partial charge is 0.251 e. The molecule has 0 aliphatic rings. The SMILES string of the molecule is Cc1cc(C)nc(-n2nc(C)c(CC(=O)NCCN(C)c3ccccc3)c2C)n1. The number of amides is 1. The van der Waals surface area contributed by atoms with Gasteiger partial charge in [-0.25, -0.2) is 14.6 Å². The fourth-order valence-corrected chi connectivity index (χ4v) is 3.33. The molecule has 0 saturated heterocycles. The zero-order valence-electron chi connectivity index (χ0n) is 17.7. The van der Waals surface area contributed by atoms with E-state index in [0.717, 1.165) is 40.6 Å². The van der Waals surface area contributed by atoms with E-state index in [9.17, 15) is 4.79 Å². The molecule has 1 amide bonds. The van der Waals surface area contributed by atoms with E-state index in [1.807, 2.05) is 59.0 Å². The van der Waals surface area contributed by atoms with Crippen molar-refractivity contribution >= 4 is 11.6 Å². The first-order valence-electron chi connectivity index (χ1n) is 9.76. The summed E-state index contributed by atoms with van der Waals surface area (Å²) in [5.41, 5.74) is 5.54. The highest BCUT2D eigenvalue weighted by Gasteiger charge is 2.17. The predicted octanol–water partition coefficient (Wildman–Crippen LogP) is 2.69. The summed E-state index contributed by atoms with van der Waals surface area (Å²) in [4.78, 5) is 23.6. The van der Waals surface area contributed by atoms with Gasteiger partial charge in [-0.3, -0.25) is 4.79 Å². The number of carbonyl (C=O) groups excluding carboxylic acids is 1. The molecular weight excluding hydrogens is 364 g/mol. The molecule has 0 atom stereocenters. The topological polar surface area (TPSA) is 75.9 Å². The molecule has 29 heavy (non-hydrogen) atoms. The van der Waals surface area contributed by atoms with Gasteiger partial charge < -0.3 is 10.2 Å². The second-order valence-electron chi connectivity index (χ2n) is 7.30. The molecule has 0 fully saturated rings. The molecule has 0 spiro atoms. The van der Waals surface area contributed by atoms with Crippen molar-refractivity contribution in [3.8, 4) is 5.95 Å². The molecule has 7 heteroatoms. The zero-order valence-corrected chi connectivity index (χ0v) is 17.7. The van der Waals surface area contributed by atoms with Crippen LogP contribution >= 0.6 is 0 Å². The van der Waals surface area contributed by atoms with Crippen LogP contribution in [-0.4, -0.2) is 45.8 Å². The maximum atomic E-state index is 12.5. The fraction of sp³-hybridized carbons (Fsp3) is 0.364. The van der Waals surface area contributed by atoms with Crippen LogP contribution in [0.3, 0.4) is 0 Å². The standard InChI is InChI=1S/C22H28N6O/c1-15-13-16(2)25-22(24-15)28-18(4)20(17(3)26-28)14-21(29)23-11-12-27(5)19-9-7-6-8-10-19/h6-10,13H,11-12,14H2,1-5H3,(H,23,29). The minimum Gasteiger partial charge on any atom is -0.373 e. The molecule has 0 aliphatic carbocycles. The van der Waals surface area contributed by atoms with Gasteiger partial charge in [0.25, 0.3) is 5.95 Å². The van der Waals surface area contributed by atoms with Gasteiger partial charge in [-0.2, -0.15) is 5.10 Å². The van der Waals surface area contributed by atoms with Gasteiger partial charge in [-0.15, -0.1) is 0 Å². The summed E-state index contributed by atoms with van der Waals surface area (Å²) in [5, 5.41) is 7.57. The summed E-state index contributed by atoms with van der Waals surface area (Å²) in [5.74, 6) is 0.526. The molecule has 1 N–H and O–H groups in total. The lowest BCUT2D eigenvalue weighted by molar-refractivity contribution is -0.120. The number of benzene rings is 1. The van der Waals surface area contributed by atoms with Crippen molar-refractivity contribution in [2.45, 2.75) is 34.1 Å². The maximum absolute atomic E-state index is 12.5. The number of likely N-dealkylation sites (N-methyl/N-ethyl adjacent to an activating group) is 1. The molecule has 0 aliphatic heterocycles. The van der Waals surface area contributed by atoms with Gasteiger partial charge in [0.2, 0.25) is 5.91 Å². The highest BCUT2D eigenvalue weighted by atomic mass is 16.1. The van der Waals surface area contributed by atoms with E-state index in [-0.39, 0.29) is 12.3 Å². The average molecular weight is 393 g/mol. The van der Waals surface area contributed by atoms with Gasteiger partial charge in [0, 0.05) is 48.5 Å². The lowest BCUT2D eigenvalue weighted by atomic mass is 10.1. The highest BCUT2D eigenvalue weighted by Crippen LogP contribution is 2.17. The highest BCUT2D eigenvalue weighted by molar-refractivity contribution is 5.79. The molecule has 2 heterocycles. The number of anilines is 1. The minimum absolute atomic E-state index is 0.0152. The summed E-state index contributed by atoms with van der Waals surface area (Å²) in [6.45, 7) is 9.06. The lowest BCUT2D eigenvalue weighted by Crippen LogP contribution is -2.33. The Labute approximate surface area is 171 Å². The maximum Gasteiger partial charge on any atom is 0.251 e. The van der Waals surface area contributed by atoms with Crippen LogP contribution in [0.4, 0.5) is 5.69 Å². The quantitative estimate of drug-likeness (QED) is 0.669. The van der Waals surface area contributed by atoms with E-state index in [4.69, 9.17) is 0 Å². The van der Waals surface area contributed by atoms with Gasteiger partial charge in [-0.05, 0) is 45.9 Å². The number of hydrogen-bond donors (Lipinski definition) is 1. The number of nitrogens with one attached hydrogen (secondary N) is 1. The van der Waals surface area contributed by atoms with E-state index in [2.05, 4.69) is 37.4 Å². The number of aromatic nitrogens is 4. The zero-order chi connectivity index (χ0) is 21.0. The van der Waals surface area contributed by atoms with Crippen LogP contribution in [0.2, 0.25) is 0 Å². The number of aryl methyl sites for hydroxylation is 3. The Morgan fingerprint density at radius 3 is 2.38 bits per heavy atom. The van der Waals surface area contributed by atoms with Crippen LogP contribution in [0.25, 0.3) is 5.95 Å². The predicted molar refractivity (Wildman–Crippen MR) is 115 cm³/mol. The lowest BCUT2D eigenvalue weighted by Gasteiger charge is -2.19. The number of nitrogens with zero attached hydrogens (tertiary/aromatic N) is 5. The second-order valence-corrected chi connectivity index (χ2v) is 7.30. The minimum atomic E-state index is -0.0152. The van der Waals surface area contributed by atoms with Gasteiger partial charge in [-0.1, -0.05) is 18.2 Å². The third kappa shape index (κ3) is 4.99. The van der Waals surface area contributed by atoms with Crippen molar-refractivity contribution in [1.82, 2.24) is 25.1 Å². The average Bonchev–Trinajstić information content (AvgIpc) is 2.96.